The van der Waals surface area contributed by atoms with Gasteiger partial charge in [0.05, 0.1) is 6.20 Å². The number of rotatable bonds is 7. The monoisotopic (exact) mass is 336 g/mol. The predicted molar refractivity (Wildman–Crippen MR) is 96.8 cm³/mol. The zero-order chi connectivity index (χ0) is 16.5. The highest BCUT2D eigenvalue weighted by molar-refractivity contribution is 6.32. The minimum Gasteiger partial charge on any atom is -0.375 e. The van der Waals surface area contributed by atoms with Gasteiger partial charge >= 0.3 is 0 Å². The van der Waals surface area contributed by atoms with Gasteiger partial charge in [-0.2, -0.15) is 4.98 Å². The van der Waals surface area contributed by atoms with E-state index in [1.807, 2.05) is 18.4 Å². The van der Waals surface area contributed by atoms with E-state index in [0.29, 0.717) is 16.8 Å². The van der Waals surface area contributed by atoms with Crippen LogP contribution in [0.2, 0.25) is 5.02 Å². The van der Waals surface area contributed by atoms with Crippen LogP contribution in [-0.2, 0) is 0 Å². The van der Waals surface area contributed by atoms with Crippen molar-refractivity contribution in [2.45, 2.75) is 13.3 Å². The van der Waals surface area contributed by atoms with Crippen molar-refractivity contribution < 1.29 is 0 Å². The average molecular weight is 337 g/mol. The van der Waals surface area contributed by atoms with Crippen molar-refractivity contribution in [3.05, 3.63) is 35.8 Å². The van der Waals surface area contributed by atoms with Gasteiger partial charge in [0.15, 0.2) is 0 Å². The number of aromatic nitrogens is 2. The molecule has 1 aromatic rings. The fraction of sp³-hybridized carbons (Fsp3) is 0.500. The number of hydrogen-bond donors (Lipinski definition) is 2. The van der Waals surface area contributed by atoms with Crippen LogP contribution in [0.5, 0.6) is 0 Å². The number of hydrogen-bond acceptors (Lipinski definition) is 6. The highest BCUT2D eigenvalue weighted by Gasteiger charge is 2.09. The molecule has 1 aliphatic heterocycles. The zero-order valence-corrected chi connectivity index (χ0v) is 14.6. The van der Waals surface area contributed by atoms with Gasteiger partial charge in [-0.05, 0) is 31.8 Å². The first-order valence-corrected chi connectivity index (χ1v) is 8.35. The molecular weight excluding hydrogens is 312 g/mol. The molecule has 0 unspecified atom stereocenters. The summed E-state index contributed by atoms with van der Waals surface area (Å²) in [6.45, 7) is 7.29. The Morgan fingerprint density at radius 3 is 2.78 bits per heavy atom. The quantitative estimate of drug-likeness (QED) is 0.747. The first-order valence-electron chi connectivity index (χ1n) is 7.98. The maximum atomic E-state index is 6.06. The summed E-state index contributed by atoms with van der Waals surface area (Å²) in [5.74, 6) is 1.18. The Balaban J connectivity index is 1.80. The Morgan fingerprint density at radius 1 is 1.26 bits per heavy atom. The third kappa shape index (κ3) is 6.08. The molecule has 7 heteroatoms. The Bertz CT molecular complexity index is 537. The summed E-state index contributed by atoms with van der Waals surface area (Å²) in [4.78, 5) is 13.2. The fourth-order valence-electron chi connectivity index (χ4n) is 2.12. The Labute approximate surface area is 143 Å². The normalized spacial score (nSPS) is 16.4. The van der Waals surface area contributed by atoms with Crippen LogP contribution in [0, 0.1) is 0 Å². The molecule has 0 aromatic carbocycles. The summed E-state index contributed by atoms with van der Waals surface area (Å²) in [7, 11) is 2.15. The highest BCUT2D eigenvalue weighted by Crippen LogP contribution is 2.19. The molecule has 1 aliphatic rings. The number of nitrogens with zero attached hydrogens (tertiary/aromatic N) is 4. The van der Waals surface area contributed by atoms with Gasteiger partial charge < -0.3 is 20.4 Å². The number of piperazine rings is 1. The molecule has 126 valence electrons. The second-order valence-corrected chi connectivity index (χ2v) is 5.91. The Morgan fingerprint density at radius 2 is 2.04 bits per heavy atom. The lowest BCUT2D eigenvalue weighted by molar-refractivity contribution is 0.198. The van der Waals surface area contributed by atoms with Crippen LogP contribution in [0.3, 0.4) is 0 Å². The van der Waals surface area contributed by atoms with Gasteiger partial charge in [-0.25, -0.2) is 4.98 Å². The second-order valence-electron chi connectivity index (χ2n) is 5.50. The molecule has 0 amide bonds. The van der Waals surface area contributed by atoms with Crippen LogP contribution >= 0.6 is 11.6 Å². The fourth-order valence-corrected chi connectivity index (χ4v) is 2.28. The minimum absolute atomic E-state index is 0.525. The van der Waals surface area contributed by atoms with E-state index in [1.165, 1.54) is 0 Å². The first kappa shape index (κ1) is 17.6. The molecule has 0 bridgehead atoms. The molecule has 2 heterocycles. The Kier molecular flexibility index (Phi) is 7.16. The average Bonchev–Trinajstić information content (AvgIpc) is 2.56. The van der Waals surface area contributed by atoms with Crippen LogP contribution in [-0.4, -0.2) is 59.5 Å². The molecule has 0 atom stereocenters. The number of anilines is 2. The zero-order valence-electron chi connectivity index (χ0n) is 13.8. The third-order valence-electron chi connectivity index (χ3n) is 3.54. The van der Waals surface area contributed by atoms with Crippen molar-refractivity contribution in [2.75, 3.05) is 50.4 Å². The van der Waals surface area contributed by atoms with Gasteiger partial charge in [0.2, 0.25) is 5.95 Å². The van der Waals surface area contributed by atoms with Crippen LogP contribution in [0.15, 0.2) is 30.7 Å². The van der Waals surface area contributed by atoms with Crippen LogP contribution in [0.25, 0.3) is 0 Å². The first-order chi connectivity index (χ1) is 11.2. The van der Waals surface area contributed by atoms with Crippen molar-refractivity contribution in [1.29, 1.82) is 0 Å². The van der Waals surface area contributed by atoms with Crippen molar-refractivity contribution >= 4 is 23.4 Å². The maximum absolute atomic E-state index is 6.06. The molecular formula is C16H25ClN6. The second kappa shape index (κ2) is 9.37. The molecule has 1 aromatic heterocycles. The lowest BCUT2D eigenvalue weighted by atomic mass is 10.3. The highest BCUT2D eigenvalue weighted by atomic mass is 35.5. The van der Waals surface area contributed by atoms with Gasteiger partial charge in [-0.3, -0.25) is 0 Å². The minimum atomic E-state index is 0.525. The lowest BCUT2D eigenvalue weighted by Gasteiger charge is -2.31. The maximum Gasteiger partial charge on any atom is 0.228 e. The summed E-state index contributed by atoms with van der Waals surface area (Å²) in [6.07, 6.45) is 10.5. The van der Waals surface area contributed by atoms with E-state index in [2.05, 4.69) is 50.6 Å². The number of halogens is 1. The lowest BCUT2D eigenvalue weighted by Crippen LogP contribution is -2.41. The van der Waals surface area contributed by atoms with E-state index in [-0.39, 0.29) is 0 Å². The molecule has 0 spiro atoms. The van der Waals surface area contributed by atoms with Gasteiger partial charge in [-0.15, -0.1) is 0 Å². The molecule has 1 saturated heterocycles. The molecule has 2 rings (SSSR count). The third-order valence-corrected chi connectivity index (χ3v) is 3.82. The van der Waals surface area contributed by atoms with Crippen molar-refractivity contribution in [3.8, 4) is 0 Å². The van der Waals surface area contributed by atoms with E-state index in [0.717, 1.165) is 39.1 Å². The predicted octanol–water partition coefficient (Wildman–Crippen LogP) is 2.64. The largest absolute Gasteiger partial charge is 0.375 e. The van der Waals surface area contributed by atoms with E-state index in [4.69, 9.17) is 11.6 Å². The molecule has 0 radical (unpaired) electrons. The van der Waals surface area contributed by atoms with Gasteiger partial charge in [-0.1, -0.05) is 18.5 Å². The van der Waals surface area contributed by atoms with E-state index in [1.54, 1.807) is 6.20 Å². The van der Waals surface area contributed by atoms with Gasteiger partial charge in [0.1, 0.15) is 10.8 Å². The molecule has 23 heavy (non-hydrogen) atoms. The molecule has 2 N–H and O–H groups in total. The van der Waals surface area contributed by atoms with Crippen molar-refractivity contribution in [3.63, 3.8) is 0 Å². The van der Waals surface area contributed by atoms with Gasteiger partial charge in [0, 0.05) is 38.9 Å². The standard InChI is InChI=1S/C16H25ClN6/c1-3-6-18-15-14(17)13-20-16(21-15)19-7-4-5-8-23-11-9-22(2)10-12-23/h4-5,7-8,13H,3,6,9-12H2,1-2H3,(H2,18,19,20,21)/b7-4+,8-5+. The number of likely N-dealkylation sites (N-methyl/N-ethyl adjacent to an activating group) is 1. The summed E-state index contributed by atoms with van der Waals surface area (Å²) in [5, 5.41) is 6.76. The smallest absolute Gasteiger partial charge is 0.228 e. The number of nitrogens with one attached hydrogen (secondary N) is 2. The van der Waals surface area contributed by atoms with Crippen LogP contribution in [0.1, 0.15) is 13.3 Å². The van der Waals surface area contributed by atoms with Crippen LogP contribution in [0.4, 0.5) is 11.8 Å². The van der Waals surface area contributed by atoms with E-state index in [9.17, 15) is 0 Å². The van der Waals surface area contributed by atoms with Gasteiger partial charge in [0.25, 0.3) is 0 Å². The SMILES string of the molecule is CCCNc1nc(N/C=C/C=C/N2CCN(C)CC2)ncc1Cl. The molecule has 0 aliphatic carbocycles. The van der Waals surface area contributed by atoms with Crippen molar-refractivity contribution in [2.24, 2.45) is 0 Å². The van der Waals surface area contributed by atoms with E-state index >= 15 is 0 Å². The van der Waals surface area contributed by atoms with Crippen molar-refractivity contribution in [1.82, 2.24) is 19.8 Å². The topological polar surface area (TPSA) is 56.3 Å². The summed E-state index contributed by atoms with van der Waals surface area (Å²) in [5.41, 5.74) is 0. The molecule has 1 fully saturated rings. The molecule has 0 saturated carbocycles. The summed E-state index contributed by atoms with van der Waals surface area (Å²) in [6, 6.07) is 0. The Hall–Kier alpha value is -1.79. The number of allylic oxidation sites excluding steroid dienone is 2. The van der Waals surface area contributed by atoms with Crippen LogP contribution < -0.4 is 10.6 Å². The van der Waals surface area contributed by atoms with E-state index < -0.39 is 0 Å². The molecule has 6 nitrogen and oxygen atoms in total. The summed E-state index contributed by atoms with van der Waals surface area (Å²) >= 11 is 6.06. The summed E-state index contributed by atoms with van der Waals surface area (Å²) < 4.78 is 0.